The number of unbranched alkanes of at least 4 members (excludes halogenated alkanes) is 1. The van der Waals surface area contributed by atoms with Crippen LogP contribution in [-0.2, 0) is 19.0 Å². The molecule has 20 heavy (non-hydrogen) atoms. The van der Waals surface area contributed by atoms with Gasteiger partial charge in [-0.05, 0) is 34.1 Å². The Labute approximate surface area is 121 Å². The number of esters is 1. The summed E-state index contributed by atoms with van der Waals surface area (Å²) in [5.41, 5.74) is -0.596. The minimum atomic E-state index is -0.750. The average molecular weight is 289 g/mol. The molecular weight excluding hydrogens is 262 g/mol. The van der Waals surface area contributed by atoms with Crippen LogP contribution in [0.4, 0.5) is 4.79 Å². The minimum absolute atomic E-state index is 0.183. The first-order valence-electron chi connectivity index (χ1n) is 7.00. The monoisotopic (exact) mass is 289 g/mol. The number of hydrogen-bond acceptors (Lipinski definition) is 5. The summed E-state index contributed by atoms with van der Waals surface area (Å²) >= 11 is 0. The quantitative estimate of drug-likeness (QED) is 0.548. The molecule has 0 saturated heterocycles. The minimum Gasteiger partial charge on any atom is -0.462 e. The Hall–Kier alpha value is -1.30. The lowest BCUT2D eigenvalue weighted by atomic mass is 10.2. The van der Waals surface area contributed by atoms with Crippen molar-refractivity contribution >= 4 is 12.1 Å². The van der Waals surface area contributed by atoms with Crippen molar-refractivity contribution in [2.45, 2.75) is 59.1 Å². The van der Waals surface area contributed by atoms with Gasteiger partial charge in [0.2, 0.25) is 0 Å². The highest BCUT2D eigenvalue weighted by Gasteiger charge is 2.21. The molecule has 1 N–H and O–H groups in total. The zero-order valence-corrected chi connectivity index (χ0v) is 13.2. The molecule has 6 heteroatoms. The van der Waals surface area contributed by atoms with E-state index in [0.29, 0.717) is 13.2 Å². The molecule has 0 rings (SSSR count). The molecule has 1 amide bonds. The zero-order valence-electron chi connectivity index (χ0n) is 13.2. The van der Waals surface area contributed by atoms with E-state index in [1.54, 1.807) is 27.7 Å². The van der Waals surface area contributed by atoms with Gasteiger partial charge < -0.3 is 19.5 Å². The van der Waals surface area contributed by atoms with E-state index in [1.165, 1.54) is 0 Å². The summed E-state index contributed by atoms with van der Waals surface area (Å²) in [5, 5.41) is 2.42. The van der Waals surface area contributed by atoms with Crippen molar-refractivity contribution < 1.29 is 23.8 Å². The lowest BCUT2D eigenvalue weighted by Crippen LogP contribution is -2.42. The number of ether oxygens (including phenoxy) is 3. The molecule has 0 aliphatic carbocycles. The maximum atomic E-state index is 11.6. The Kier molecular flexibility index (Phi) is 8.96. The summed E-state index contributed by atoms with van der Waals surface area (Å²) in [4.78, 5) is 23.0. The third-order valence-corrected chi connectivity index (χ3v) is 2.20. The molecule has 0 aromatic heterocycles. The molecule has 0 unspecified atom stereocenters. The molecule has 0 aromatic carbocycles. The standard InChI is InChI=1S/C14H27NO5/c1-6-7-8-18-9-10-19-12(16)11(2)15-13(17)20-14(3,4)5/h11H,6-10H2,1-5H3,(H,15,17)/t11-/m0/s1. The van der Waals surface area contributed by atoms with Crippen molar-refractivity contribution in [2.24, 2.45) is 0 Å². The Balaban J connectivity index is 3.78. The van der Waals surface area contributed by atoms with Crippen LogP contribution in [0.1, 0.15) is 47.5 Å². The molecular formula is C14H27NO5. The number of nitrogens with one attached hydrogen (secondary N) is 1. The van der Waals surface area contributed by atoms with Gasteiger partial charge in [-0.15, -0.1) is 0 Å². The molecule has 0 aliphatic rings. The topological polar surface area (TPSA) is 73.9 Å². The second-order valence-corrected chi connectivity index (χ2v) is 5.50. The highest BCUT2D eigenvalue weighted by molar-refractivity contribution is 5.80. The van der Waals surface area contributed by atoms with E-state index in [-0.39, 0.29) is 6.61 Å². The van der Waals surface area contributed by atoms with Crippen LogP contribution >= 0.6 is 0 Å². The van der Waals surface area contributed by atoms with Crippen molar-refractivity contribution in [2.75, 3.05) is 19.8 Å². The second kappa shape index (κ2) is 9.58. The van der Waals surface area contributed by atoms with Gasteiger partial charge in [-0.25, -0.2) is 9.59 Å². The largest absolute Gasteiger partial charge is 0.462 e. The third kappa shape index (κ3) is 10.6. The zero-order chi connectivity index (χ0) is 15.6. The Morgan fingerprint density at radius 1 is 1.15 bits per heavy atom. The molecule has 0 heterocycles. The highest BCUT2D eigenvalue weighted by Crippen LogP contribution is 2.06. The number of alkyl carbamates (subject to hydrolysis) is 1. The van der Waals surface area contributed by atoms with E-state index >= 15 is 0 Å². The summed E-state index contributed by atoms with van der Waals surface area (Å²) in [6, 6.07) is -0.750. The van der Waals surface area contributed by atoms with Crippen LogP contribution in [0.3, 0.4) is 0 Å². The average Bonchev–Trinajstić information content (AvgIpc) is 2.30. The van der Waals surface area contributed by atoms with E-state index in [9.17, 15) is 9.59 Å². The molecule has 1 atom stereocenters. The van der Waals surface area contributed by atoms with Gasteiger partial charge >= 0.3 is 12.1 Å². The molecule has 0 fully saturated rings. The van der Waals surface area contributed by atoms with Crippen molar-refractivity contribution in [1.29, 1.82) is 0 Å². The van der Waals surface area contributed by atoms with Gasteiger partial charge in [0.05, 0.1) is 6.61 Å². The Morgan fingerprint density at radius 2 is 1.80 bits per heavy atom. The van der Waals surface area contributed by atoms with Crippen LogP contribution in [0.25, 0.3) is 0 Å². The number of carbonyl (C=O) groups is 2. The Bertz CT molecular complexity index is 298. The van der Waals surface area contributed by atoms with E-state index in [4.69, 9.17) is 14.2 Å². The van der Waals surface area contributed by atoms with E-state index in [2.05, 4.69) is 12.2 Å². The molecule has 0 bridgehead atoms. The molecule has 0 aliphatic heterocycles. The highest BCUT2D eigenvalue weighted by atomic mass is 16.6. The summed E-state index contributed by atoms with van der Waals surface area (Å²) in [6.45, 7) is 10.1. The van der Waals surface area contributed by atoms with Crippen molar-refractivity contribution in [1.82, 2.24) is 5.32 Å². The van der Waals surface area contributed by atoms with Crippen LogP contribution in [0.2, 0.25) is 0 Å². The van der Waals surface area contributed by atoms with E-state index in [1.807, 2.05) is 0 Å². The van der Waals surface area contributed by atoms with Crippen LogP contribution in [0.5, 0.6) is 0 Å². The van der Waals surface area contributed by atoms with E-state index in [0.717, 1.165) is 12.8 Å². The fraction of sp³-hybridized carbons (Fsp3) is 0.857. The Morgan fingerprint density at radius 3 is 2.35 bits per heavy atom. The van der Waals surface area contributed by atoms with E-state index < -0.39 is 23.7 Å². The predicted molar refractivity (Wildman–Crippen MR) is 75.5 cm³/mol. The summed E-state index contributed by atoms with van der Waals surface area (Å²) in [7, 11) is 0. The van der Waals surface area contributed by atoms with Gasteiger partial charge in [0.15, 0.2) is 0 Å². The summed E-state index contributed by atoms with van der Waals surface area (Å²) in [6.07, 6.45) is 1.42. The lowest BCUT2D eigenvalue weighted by molar-refractivity contribution is -0.147. The number of hydrogen-bond donors (Lipinski definition) is 1. The van der Waals surface area contributed by atoms with Crippen LogP contribution in [0, 0.1) is 0 Å². The van der Waals surface area contributed by atoms with Gasteiger partial charge in [-0.3, -0.25) is 0 Å². The first-order valence-corrected chi connectivity index (χ1v) is 7.00. The fourth-order valence-electron chi connectivity index (χ4n) is 1.22. The number of amides is 1. The maximum Gasteiger partial charge on any atom is 0.408 e. The maximum absolute atomic E-state index is 11.6. The summed E-state index contributed by atoms with van der Waals surface area (Å²) < 4.78 is 15.3. The van der Waals surface area contributed by atoms with Crippen LogP contribution in [-0.4, -0.2) is 43.5 Å². The van der Waals surface area contributed by atoms with Gasteiger partial charge in [-0.2, -0.15) is 0 Å². The summed E-state index contributed by atoms with van der Waals surface area (Å²) in [5.74, 6) is -0.505. The lowest BCUT2D eigenvalue weighted by Gasteiger charge is -2.21. The fourth-order valence-corrected chi connectivity index (χ4v) is 1.22. The van der Waals surface area contributed by atoms with Gasteiger partial charge in [-0.1, -0.05) is 13.3 Å². The first-order chi connectivity index (χ1) is 9.26. The SMILES string of the molecule is CCCCOCCOC(=O)[C@H](C)NC(=O)OC(C)(C)C. The third-order valence-electron chi connectivity index (χ3n) is 2.20. The first kappa shape index (κ1) is 18.7. The van der Waals surface area contributed by atoms with Crippen molar-refractivity contribution in [3.05, 3.63) is 0 Å². The number of carbonyl (C=O) groups excluding carboxylic acids is 2. The molecule has 0 radical (unpaired) electrons. The number of rotatable bonds is 8. The van der Waals surface area contributed by atoms with Crippen molar-refractivity contribution in [3.63, 3.8) is 0 Å². The van der Waals surface area contributed by atoms with Gasteiger partial charge in [0.1, 0.15) is 18.2 Å². The smallest absolute Gasteiger partial charge is 0.408 e. The predicted octanol–water partition coefficient (Wildman–Crippen LogP) is 2.26. The van der Waals surface area contributed by atoms with Crippen LogP contribution in [0.15, 0.2) is 0 Å². The normalized spacial score (nSPS) is 12.7. The van der Waals surface area contributed by atoms with Gasteiger partial charge in [0.25, 0.3) is 0 Å². The molecule has 118 valence electrons. The molecule has 6 nitrogen and oxygen atoms in total. The molecule has 0 aromatic rings. The molecule has 0 saturated carbocycles. The molecule has 0 spiro atoms. The van der Waals surface area contributed by atoms with Crippen LogP contribution < -0.4 is 5.32 Å². The second-order valence-electron chi connectivity index (χ2n) is 5.50. The van der Waals surface area contributed by atoms with Crippen molar-refractivity contribution in [3.8, 4) is 0 Å². The van der Waals surface area contributed by atoms with Gasteiger partial charge in [0, 0.05) is 6.61 Å².